The molecule has 0 spiro atoms. The SMILES string of the molecule is Nc1cc(-c2ccc(Br)cc2)nn1-c1ccc(F)c(Cl)c1. The third-order valence-electron chi connectivity index (χ3n) is 3.02. The van der Waals surface area contributed by atoms with Gasteiger partial charge in [0.2, 0.25) is 0 Å². The van der Waals surface area contributed by atoms with Crippen LogP contribution in [0.2, 0.25) is 5.02 Å². The van der Waals surface area contributed by atoms with Crippen molar-refractivity contribution in [2.24, 2.45) is 0 Å². The van der Waals surface area contributed by atoms with Gasteiger partial charge >= 0.3 is 0 Å². The normalized spacial score (nSPS) is 10.8. The second-order valence-corrected chi connectivity index (χ2v) is 5.79. The van der Waals surface area contributed by atoms with Crippen molar-refractivity contribution < 1.29 is 4.39 Å². The molecule has 1 heterocycles. The zero-order valence-electron chi connectivity index (χ0n) is 10.7. The second kappa shape index (κ2) is 5.50. The Labute approximate surface area is 134 Å². The minimum absolute atomic E-state index is 0.0348. The first kappa shape index (κ1) is 14.1. The van der Waals surface area contributed by atoms with E-state index in [1.165, 1.54) is 16.8 Å². The van der Waals surface area contributed by atoms with E-state index in [0.29, 0.717) is 11.5 Å². The lowest BCUT2D eigenvalue weighted by Gasteiger charge is -2.04. The molecule has 0 radical (unpaired) electrons. The highest BCUT2D eigenvalue weighted by Crippen LogP contribution is 2.26. The van der Waals surface area contributed by atoms with Crippen LogP contribution >= 0.6 is 27.5 Å². The Hall–Kier alpha value is -1.85. The highest BCUT2D eigenvalue weighted by Gasteiger charge is 2.10. The number of nitrogen functional groups attached to an aromatic ring is 1. The van der Waals surface area contributed by atoms with Gasteiger partial charge in [-0.15, -0.1) is 0 Å². The zero-order chi connectivity index (χ0) is 15.0. The Morgan fingerprint density at radius 3 is 2.48 bits per heavy atom. The third kappa shape index (κ3) is 2.80. The fraction of sp³-hybridized carbons (Fsp3) is 0. The van der Waals surface area contributed by atoms with E-state index in [4.69, 9.17) is 17.3 Å². The van der Waals surface area contributed by atoms with E-state index in [0.717, 1.165) is 15.7 Å². The molecule has 3 nitrogen and oxygen atoms in total. The van der Waals surface area contributed by atoms with Crippen molar-refractivity contribution in [3.8, 4) is 16.9 Å². The van der Waals surface area contributed by atoms with Gasteiger partial charge in [-0.1, -0.05) is 39.7 Å². The summed E-state index contributed by atoms with van der Waals surface area (Å²) in [5.41, 5.74) is 8.27. The lowest BCUT2D eigenvalue weighted by Crippen LogP contribution is -2.01. The number of halogens is 3. The summed E-state index contributed by atoms with van der Waals surface area (Å²) in [5, 5.41) is 4.48. The van der Waals surface area contributed by atoms with Gasteiger partial charge in [-0.2, -0.15) is 5.10 Å². The molecule has 3 rings (SSSR count). The van der Waals surface area contributed by atoms with Crippen LogP contribution in [0.25, 0.3) is 16.9 Å². The molecule has 0 amide bonds. The highest BCUT2D eigenvalue weighted by atomic mass is 79.9. The molecule has 0 aliphatic carbocycles. The van der Waals surface area contributed by atoms with Crippen LogP contribution in [0.15, 0.2) is 53.0 Å². The average Bonchev–Trinajstić information content (AvgIpc) is 2.85. The van der Waals surface area contributed by atoms with Crippen molar-refractivity contribution in [2.75, 3.05) is 5.73 Å². The predicted octanol–water partition coefficient (Wildman–Crippen LogP) is 4.68. The molecule has 106 valence electrons. The highest BCUT2D eigenvalue weighted by molar-refractivity contribution is 9.10. The van der Waals surface area contributed by atoms with Gasteiger partial charge in [0.05, 0.1) is 16.4 Å². The fourth-order valence-corrected chi connectivity index (χ4v) is 2.42. The molecule has 0 saturated heterocycles. The van der Waals surface area contributed by atoms with Crippen LogP contribution < -0.4 is 5.73 Å². The third-order valence-corrected chi connectivity index (χ3v) is 3.84. The summed E-state index contributed by atoms with van der Waals surface area (Å²) >= 11 is 9.18. The molecule has 2 aromatic carbocycles. The molecule has 3 aromatic rings. The topological polar surface area (TPSA) is 43.8 Å². The fourth-order valence-electron chi connectivity index (χ4n) is 1.98. The summed E-state index contributed by atoms with van der Waals surface area (Å²) in [4.78, 5) is 0. The van der Waals surface area contributed by atoms with Crippen LogP contribution in [0.4, 0.5) is 10.2 Å². The summed E-state index contributed by atoms with van der Waals surface area (Å²) in [7, 11) is 0. The van der Waals surface area contributed by atoms with Gasteiger partial charge in [0.25, 0.3) is 0 Å². The maximum atomic E-state index is 13.2. The minimum Gasteiger partial charge on any atom is -0.384 e. The number of nitrogens with zero attached hydrogens (tertiary/aromatic N) is 2. The molecule has 0 unspecified atom stereocenters. The smallest absolute Gasteiger partial charge is 0.141 e. The molecule has 0 atom stereocenters. The van der Waals surface area contributed by atoms with Gasteiger partial charge in [0.1, 0.15) is 11.6 Å². The lowest BCUT2D eigenvalue weighted by atomic mass is 10.2. The Morgan fingerprint density at radius 1 is 1.10 bits per heavy atom. The quantitative estimate of drug-likeness (QED) is 0.716. The molecule has 1 aromatic heterocycles. The number of benzene rings is 2. The maximum absolute atomic E-state index is 13.2. The van der Waals surface area contributed by atoms with Gasteiger partial charge in [-0.05, 0) is 30.3 Å². The first-order valence-electron chi connectivity index (χ1n) is 6.11. The number of hydrogen-bond acceptors (Lipinski definition) is 2. The number of nitrogens with two attached hydrogens (primary N) is 1. The largest absolute Gasteiger partial charge is 0.384 e. The van der Waals surface area contributed by atoms with E-state index in [1.807, 2.05) is 24.3 Å². The maximum Gasteiger partial charge on any atom is 0.141 e. The van der Waals surface area contributed by atoms with Gasteiger partial charge in [-0.25, -0.2) is 9.07 Å². The molecule has 21 heavy (non-hydrogen) atoms. The average molecular weight is 367 g/mol. The Morgan fingerprint density at radius 2 is 1.81 bits per heavy atom. The number of rotatable bonds is 2. The summed E-state index contributed by atoms with van der Waals surface area (Å²) < 4.78 is 15.7. The van der Waals surface area contributed by atoms with Crippen LogP contribution in [-0.2, 0) is 0 Å². The first-order valence-corrected chi connectivity index (χ1v) is 7.28. The van der Waals surface area contributed by atoms with E-state index in [2.05, 4.69) is 21.0 Å². The van der Waals surface area contributed by atoms with Crippen molar-refractivity contribution in [2.45, 2.75) is 0 Å². The Balaban J connectivity index is 2.05. The van der Waals surface area contributed by atoms with Gasteiger partial charge in [-0.3, -0.25) is 0 Å². The molecule has 0 fully saturated rings. The first-order chi connectivity index (χ1) is 10.0. The van der Waals surface area contributed by atoms with Crippen LogP contribution in [-0.4, -0.2) is 9.78 Å². The van der Waals surface area contributed by atoms with E-state index >= 15 is 0 Å². The van der Waals surface area contributed by atoms with Crippen LogP contribution in [0, 0.1) is 5.82 Å². The van der Waals surface area contributed by atoms with Crippen LogP contribution in [0.5, 0.6) is 0 Å². The summed E-state index contributed by atoms with van der Waals surface area (Å²) in [6.45, 7) is 0. The van der Waals surface area contributed by atoms with Crippen molar-refractivity contribution in [3.63, 3.8) is 0 Å². The van der Waals surface area contributed by atoms with Crippen molar-refractivity contribution >= 4 is 33.3 Å². The Bertz CT molecular complexity index is 799. The summed E-state index contributed by atoms with van der Waals surface area (Å²) in [5.74, 6) is -0.0186. The molecular formula is C15H10BrClFN3. The summed E-state index contributed by atoms with van der Waals surface area (Å²) in [6, 6.07) is 13.9. The standard InChI is InChI=1S/C15H10BrClFN3/c16-10-3-1-9(2-4-10)14-8-15(19)21(20-14)11-5-6-13(18)12(17)7-11/h1-8H,19H2. The number of anilines is 1. The lowest BCUT2D eigenvalue weighted by molar-refractivity contribution is 0.627. The molecule has 0 bridgehead atoms. The van der Waals surface area contributed by atoms with E-state index < -0.39 is 5.82 Å². The minimum atomic E-state index is -0.473. The van der Waals surface area contributed by atoms with Gasteiger partial charge in [0.15, 0.2) is 0 Å². The van der Waals surface area contributed by atoms with Crippen molar-refractivity contribution in [3.05, 3.63) is 63.8 Å². The Kier molecular flexibility index (Phi) is 3.69. The van der Waals surface area contributed by atoms with Gasteiger partial charge in [0, 0.05) is 16.1 Å². The monoisotopic (exact) mass is 365 g/mol. The molecule has 0 aliphatic rings. The second-order valence-electron chi connectivity index (χ2n) is 4.47. The van der Waals surface area contributed by atoms with Gasteiger partial charge < -0.3 is 5.73 Å². The molecule has 0 aliphatic heterocycles. The van der Waals surface area contributed by atoms with E-state index in [9.17, 15) is 4.39 Å². The van der Waals surface area contributed by atoms with Crippen molar-refractivity contribution in [1.82, 2.24) is 9.78 Å². The molecule has 6 heteroatoms. The van der Waals surface area contributed by atoms with E-state index in [-0.39, 0.29) is 5.02 Å². The molecule has 2 N–H and O–H groups in total. The van der Waals surface area contributed by atoms with Crippen molar-refractivity contribution in [1.29, 1.82) is 0 Å². The number of aromatic nitrogens is 2. The van der Waals surface area contributed by atoms with Crippen LogP contribution in [0.1, 0.15) is 0 Å². The predicted molar refractivity (Wildman–Crippen MR) is 86.1 cm³/mol. The molecule has 0 saturated carbocycles. The number of hydrogen-bond donors (Lipinski definition) is 1. The zero-order valence-corrected chi connectivity index (χ0v) is 13.1. The van der Waals surface area contributed by atoms with Crippen LogP contribution in [0.3, 0.4) is 0 Å². The summed E-state index contributed by atoms with van der Waals surface area (Å²) in [6.07, 6.45) is 0. The molecular weight excluding hydrogens is 357 g/mol. The van der Waals surface area contributed by atoms with E-state index in [1.54, 1.807) is 12.1 Å².